The number of hydrogen-bond acceptors (Lipinski definition) is 7. The van der Waals surface area contributed by atoms with Crippen molar-refractivity contribution < 1.29 is 28.5 Å². The second-order valence-corrected chi connectivity index (χ2v) is 7.59. The van der Waals surface area contributed by atoms with Crippen LogP contribution in [0.25, 0.3) is 6.08 Å². The van der Waals surface area contributed by atoms with Gasteiger partial charge in [-0.2, -0.15) is 0 Å². The van der Waals surface area contributed by atoms with E-state index in [0.717, 1.165) is 67.9 Å². The van der Waals surface area contributed by atoms with Gasteiger partial charge in [0.15, 0.2) is 17.8 Å². The first-order valence-corrected chi connectivity index (χ1v) is 10.4. The van der Waals surface area contributed by atoms with E-state index in [9.17, 15) is 4.79 Å². The summed E-state index contributed by atoms with van der Waals surface area (Å²) in [6, 6.07) is 3.83. The van der Waals surface area contributed by atoms with E-state index >= 15 is 0 Å². The fourth-order valence-electron chi connectivity index (χ4n) is 4.07. The first kappa shape index (κ1) is 20.2. The van der Waals surface area contributed by atoms with Crippen LogP contribution < -0.4 is 9.47 Å². The van der Waals surface area contributed by atoms with Crippen molar-refractivity contribution in [2.24, 2.45) is 0 Å². The zero-order chi connectivity index (χ0) is 20.1. The number of nitrogens with zero attached hydrogens (tertiary/aromatic N) is 1. The average Bonchev–Trinajstić information content (AvgIpc) is 3.41. The van der Waals surface area contributed by atoms with Gasteiger partial charge in [-0.15, -0.1) is 0 Å². The topological polar surface area (TPSA) is 66.5 Å². The first-order valence-electron chi connectivity index (χ1n) is 10.4. The molecule has 0 unspecified atom stereocenters. The van der Waals surface area contributed by atoms with Gasteiger partial charge in [-0.25, -0.2) is 0 Å². The highest BCUT2D eigenvalue weighted by molar-refractivity contribution is 5.76. The third kappa shape index (κ3) is 4.91. The first-order chi connectivity index (χ1) is 14.2. The Labute approximate surface area is 171 Å². The van der Waals surface area contributed by atoms with Gasteiger partial charge in [0.1, 0.15) is 6.04 Å². The van der Waals surface area contributed by atoms with Crippen molar-refractivity contribution in [2.75, 3.05) is 33.6 Å². The molecule has 1 aromatic rings. The molecule has 158 valence electrons. The molecule has 2 saturated heterocycles. The zero-order valence-corrected chi connectivity index (χ0v) is 16.9. The van der Waals surface area contributed by atoms with Gasteiger partial charge >= 0.3 is 5.97 Å². The van der Waals surface area contributed by atoms with Crippen molar-refractivity contribution in [2.45, 2.75) is 51.0 Å². The number of methoxy groups -OCH3 is 1. The predicted molar refractivity (Wildman–Crippen MR) is 107 cm³/mol. The van der Waals surface area contributed by atoms with Crippen LogP contribution in [0.2, 0.25) is 0 Å². The quantitative estimate of drug-likeness (QED) is 0.648. The van der Waals surface area contributed by atoms with E-state index in [1.807, 2.05) is 12.1 Å². The van der Waals surface area contributed by atoms with Crippen LogP contribution in [0.5, 0.6) is 11.5 Å². The standard InChI is InChI=1S/C22H29NO6/c1-25-22(24)18-7-5-10-23(18)9-4-6-16-12-19-20(29-15-28-19)13-17(16)14-27-21-8-2-3-11-26-21/h4,6,12-13,18,21H,2-3,5,7-11,14-15H2,1H3/b6-4+/t18-,21-/m0/s1. The largest absolute Gasteiger partial charge is 0.468 e. The number of likely N-dealkylation sites (tertiary alicyclic amines) is 1. The molecule has 7 nitrogen and oxygen atoms in total. The Bertz CT molecular complexity index is 743. The molecule has 0 aromatic heterocycles. The third-order valence-electron chi connectivity index (χ3n) is 5.67. The fourth-order valence-corrected chi connectivity index (χ4v) is 4.07. The maximum atomic E-state index is 11.9. The highest BCUT2D eigenvalue weighted by atomic mass is 16.7. The Kier molecular flexibility index (Phi) is 6.69. The minimum absolute atomic E-state index is 0.142. The van der Waals surface area contributed by atoms with E-state index in [-0.39, 0.29) is 25.1 Å². The Morgan fingerprint density at radius 1 is 1.21 bits per heavy atom. The molecule has 0 bridgehead atoms. The van der Waals surface area contributed by atoms with Crippen LogP contribution >= 0.6 is 0 Å². The zero-order valence-electron chi connectivity index (χ0n) is 16.9. The van der Waals surface area contributed by atoms with Crippen LogP contribution in [0.1, 0.15) is 43.2 Å². The lowest BCUT2D eigenvalue weighted by Gasteiger charge is -2.23. The molecule has 0 amide bonds. The smallest absolute Gasteiger partial charge is 0.323 e. The van der Waals surface area contributed by atoms with Gasteiger partial charge in [0.2, 0.25) is 6.79 Å². The summed E-state index contributed by atoms with van der Waals surface area (Å²) in [7, 11) is 1.45. The van der Waals surface area contributed by atoms with E-state index in [4.69, 9.17) is 23.7 Å². The Morgan fingerprint density at radius 2 is 2.07 bits per heavy atom. The van der Waals surface area contributed by atoms with Crippen LogP contribution in [0.3, 0.4) is 0 Å². The molecule has 7 heteroatoms. The monoisotopic (exact) mass is 403 g/mol. The summed E-state index contributed by atoms with van der Waals surface area (Å²) in [5.41, 5.74) is 2.06. The number of carbonyl (C=O) groups is 1. The van der Waals surface area contributed by atoms with Crippen LogP contribution in [-0.4, -0.2) is 56.8 Å². The molecule has 3 aliphatic rings. The lowest BCUT2D eigenvalue weighted by Crippen LogP contribution is -2.36. The summed E-state index contributed by atoms with van der Waals surface area (Å²) in [6.07, 6.45) is 9.03. The van der Waals surface area contributed by atoms with Crippen molar-refractivity contribution >= 4 is 12.0 Å². The molecule has 29 heavy (non-hydrogen) atoms. The molecule has 0 N–H and O–H groups in total. The van der Waals surface area contributed by atoms with Gasteiger partial charge in [0.25, 0.3) is 0 Å². The maximum Gasteiger partial charge on any atom is 0.323 e. The summed E-state index contributed by atoms with van der Waals surface area (Å²) in [4.78, 5) is 14.1. The summed E-state index contributed by atoms with van der Waals surface area (Å²) in [6.45, 7) is 3.05. The van der Waals surface area contributed by atoms with Gasteiger partial charge < -0.3 is 23.7 Å². The molecular formula is C22H29NO6. The lowest BCUT2D eigenvalue weighted by atomic mass is 10.1. The van der Waals surface area contributed by atoms with Crippen LogP contribution in [0.15, 0.2) is 18.2 Å². The summed E-state index contributed by atoms with van der Waals surface area (Å²) < 4.78 is 27.7. The minimum atomic E-state index is -0.152. The summed E-state index contributed by atoms with van der Waals surface area (Å²) in [5.74, 6) is 1.34. The number of hydrogen-bond donors (Lipinski definition) is 0. The van der Waals surface area contributed by atoms with E-state index in [1.165, 1.54) is 7.11 Å². The van der Waals surface area contributed by atoms with Gasteiger partial charge in [-0.05, 0) is 61.9 Å². The third-order valence-corrected chi connectivity index (χ3v) is 5.67. The van der Waals surface area contributed by atoms with Crippen molar-refractivity contribution in [3.63, 3.8) is 0 Å². The predicted octanol–water partition coefficient (Wildman–Crippen LogP) is 3.11. The molecule has 0 saturated carbocycles. The molecule has 0 aliphatic carbocycles. The maximum absolute atomic E-state index is 11.9. The van der Waals surface area contributed by atoms with Gasteiger partial charge in [0, 0.05) is 13.2 Å². The van der Waals surface area contributed by atoms with Crippen molar-refractivity contribution in [3.05, 3.63) is 29.3 Å². The number of benzene rings is 1. The molecule has 2 fully saturated rings. The van der Waals surface area contributed by atoms with Crippen molar-refractivity contribution in [3.8, 4) is 11.5 Å². The molecule has 0 spiro atoms. The summed E-state index contributed by atoms with van der Waals surface area (Å²) >= 11 is 0. The molecule has 4 rings (SSSR count). The average molecular weight is 403 g/mol. The molecule has 3 aliphatic heterocycles. The van der Waals surface area contributed by atoms with E-state index in [0.29, 0.717) is 13.2 Å². The van der Waals surface area contributed by atoms with Gasteiger partial charge in [0.05, 0.1) is 13.7 Å². The van der Waals surface area contributed by atoms with E-state index in [2.05, 4.69) is 17.1 Å². The van der Waals surface area contributed by atoms with Crippen molar-refractivity contribution in [1.29, 1.82) is 0 Å². The molecule has 0 radical (unpaired) electrons. The highest BCUT2D eigenvalue weighted by Crippen LogP contribution is 2.36. The van der Waals surface area contributed by atoms with Crippen LogP contribution in [0.4, 0.5) is 0 Å². The van der Waals surface area contributed by atoms with E-state index < -0.39 is 0 Å². The van der Waals surface area contributed by atoms with Crippen LogP contribution in [-0.2, 0) is 25.6 Å². The molecule has 1 aromatic carbocycles. The SMILES string of the molecule is COC(=O)[C@@H]1CCCN1C/C=C/c1cc2c(cc1CO[C@H]1CCCCO1)OCO2. The Hall–Kier alpha value is -2.09. The second-order valence-electron chi connectivity index (χ2n) is 7.59. The number of rotatable bonds is 7. The number of ether oxygens (including phenoxy) is 5. The summed E-state index contributed by atoms with van der Waals surface area (Å²) in [5, 5.41) is 0. The van der Waals surface area contributed by atoms with Crippen LogP contribution in [0, 0.1) is 0 Å². The minimum Gasteiger partial charge on any atom is -0.468 e. The molecule has 2 atom stereocenters. The highest BCUT2D eigenvalue weighted by Gasteiger charge is 2.30. The van der Waals surface area contributed by atoms with Gasteiger partial charge in [-0.1, -0.05) is 12.2 Å². The fraction of sp³-hybridized carbons (Fsp3) is 0.591. The molecule has 3 heterocycles. The van der Waals surface area contributed by atoms with E-state index in [1.54, 1.807) is 0 Å². The van der Waals surface area contributed by atoms with Crippen molar-refractivity contribution in [1.82, 2.24) is 4.90 Å². The van der Waals surface area contributed by atoms with Gasteiger partial charge in [-0.3, -0.25) is 9.69 Å². The Balaban J connectivity index is 1.43. The Morgan fingerprint density at radius 3 is 2.86 bits per heavy atom. The number of fused-ring (bicyclic) bond motifs is 1. The normalized spacial score (nSPS) is 24.3. The number of carbonyl (C=O) groups excluding carboxylic acids is 1. The lowest BCUT2D eigenvalue weighted by molar-refractivity contribution is -0.168. The number of esters is 1. The molecular weight excluding hydrogens is 374 g/mol. The second kappa shape index (κ2) is 9.61.